The Kier molecular flexibility index (Phi) is 6.29. The SMILES string of the molecule is Cc1ccc(C(=O)Nc2c(F)cccc2N2CCCC2)cc1S(=O)(=O)N1CCCCC1. The molecular formula is C23H28FN3O3S. The van der Waals surface area contributed by atoms with Crippen molar-refractivity contribution in [2.24, 2.45) is 0 Å². The van der Waals surface area contributed by atoms with Gasteiger partial charge in [0.25, 0.3) is 5.91 Å². The molecule has 0 saturated carbocycles. The summed E-state index contributed by atoms with van der Waals surface area (Å²) in [6.45, 7) is 4.34. The van der Waals surface area contributed by atoms with Gasteiger partial charge in [-0.05, 0) is 62.4 Å². The molecule has 0 bridgehead atoms. The molecule has 2 fully saturated rings. The molecule has 2 heterocycles. The minimum Gasteiger partial charge on any atom is -0.370 e. The Morgan fingerprint density at radius 2 is 1.65 bits per heavy atom. The number of anilines is 2. The third-order valence-corrected chi connectivity index (χ3v) is 8.10. The first-order chi connectivity index (χ1) is 14.9. The second-order valence-electron chi connectivity index (χ2n) is 8.23. The van der Waals surface area contributed by atoms with E-state index in [2.05, 4.69) is 10.2 Å². The lowest BCUT2D eigenvalue weighted by molar-refractivity contribution is 0.102. The fourth-order valence-electron chi connectivity index (χ4n) is 4.31. The molecule has 2 aromatic carbocycles. The van der Waals surface area contributed by atoms with Crippen molar-refractivity contribution in [2.45, 2.75) is 43.9 Å². The highest BCUT2D eigenvalue weighted by molar-refractivity contribution is 7.89. The maximum absolute atomic E-state index is 14.6. The third kappa shape index (κ3) is 4.45. The second-order valence-corrected chi connectivity index (χ2v) is 10.1. The van der Waals surface area contributed by atoms with E-state index in [1.54, 1.807) is 31.2 Å². The molecule has 2 aliphatic heterocycles. The van der Waals surface area contributed by atoms with Crippen LogP contribution in [0.3, 0.4) is 0 Å². The Labute approximate surface area is 183 Å². The van der Waals surface area contributed by atoms with E-state index in [4.69, 9.17) is 0 Å². The van der Waals surface area contributed by atoms with Gasteiger partial charge >= 0.3 is 0 Å². The summed E-state index contributed by atoms with van der Waals surface area (Å²) in [6, 6.07) is 9.37. The van der Waals surface area contributed by atoms with Crippen LogP contribution in [-0.4, -0.2) is 44.8 Å². The summed E-state index contributed by atoms with van der Waals surface area (Å²) in [6.07, 6.45) is 4.75. The molecule has 0 atom stereocenters. The Morgan fingerprint density at radius 1 is 0.968 bits per heavy atom. The summed E-state index contributed by atoms with van der Waals surface area (Å²) in [5.74, 6) is -1.04. The van der Waals surface area contributed by atoms with Crippen LogP contribution in [0.15, 0.2) is 41.3 Å². The van der Waals surface area contributed by atoms with Gasteiger partial charge in [-0.1, -0.05) is 18.6 Å². The van der Waals surface area contributed by atoms with Gasteiger partial charge in [0.1, 0.15) is 11.5 Å². The lowest BCUT2D eigenvalue weighted by atomic mass is 10.1. The number of amides is 1. The van der Waals surface area contributed by atoms with Gasteiger partial charge in [0, 0.05) is 31.7 Å². The van der Waals surface area contributed by atoms with Crippen LogP contribution in [0.5, 0.6) is 0 Å². The molecule has 4 rings (SSSR count). The predicted octanol–water partition coefficient (Wildman–Crippen LogP) is 4.16. The van der Waals surface area contributed by atoms with Crippen LogP contribution < -0.4 is 10.2 Å². The van der Waals surface area contributed by atoms with Crippen LogP contribution in [0.2, 0.25) is 0 Å². The van der Waals surface area contributed by atoms with Crippen LogP contribution in [-0.2, 0) is 10.0 Å². The fraction of sp³-hybridized carbons (Fsp3) is 0.435. The Hall–Kier alpha value is -2.45. The highest BCUT2D eigenvalue weighted by atomic mass is 32.2. The first kappa shape index (κ1) is 21.8. The molecular weight excluding hydrogens is 417 g/mol. The summed E-state index contributed by atoms with van der Waals surface area (Å²) in [7, 11) is -3.68. The standard InChI is InChI=1S/C23H28FN3O3S/c1-17-10-11-18(16-21(17)31(29,30)27-14-3-2-4-15-27)23(28)25-22-19(24)8-7-9-20(22)26-12-5-6-13-26/h7-11,16H,2-6,12-15H2,1H3,(H,25,28). The molecule has 0 unspecified atom stereocenters. The van der Waals surface area contributed by atoms with Crippen molar-refractivity contribution in [3.8, 4) is 0 Å². The van der Waals surface area contributed by atoms with Crippen LogP contribution in [0, 0.1) is 12.7 Å². The molecule has 166 valence electrons. The largest absolute Gasteiger partial charge is 0.370 e. The number of rotatable bonds is 5. The molecule has 8 heteroatoms. The van der Waals surface area contributed by atoms with Gasteiger partial charge in [0.2, 0.25) is 10.0 Å². The van der Waals surface area contributed by atoms with E-state index in [9.17, 15) is 17.6 Å². The smallest absolute Gasteiger partial charge is 0.255 e. The van der Waals surface area contributed by atoms with Gasteiger partial charge in [0.05, 0.1) is 10.6 Å². The molecule has 2 aliphatic rings. The lowest BCUT2D eigenvalue weighted by Gasteiger charge is -2.26. The number of piperidine rings is 1. The van der Waals surface area contributed by atoms with E-state index in [1.807, 2.05) is 0 Å². The number of nitrogens with one attached hydrogen (secondary N) is 1. The highest BCUT2D eigenvalue weighted by Gasteiger charge is 2.28. The molecule has 0 spiro atoms. The number of halogens is 1. The van der Waals surface area contributed by atoms with Gasteiger partial charge in [0.15, 0.2) is 0 Å². The number of nitrogens with zero attached hydrogens (tertiary/aromatic N) is 2. The van der Waals surface area contributed by atoms with Crippen LogP contribution in [0.25, 0.3) is 0 Å². The fourth-order valence-corrected chi connectivity index (χ4v) is 6.08. The Bertz CT molecular complexity index is 1080. The van der Waals surface area contributed by atoms with Crippen molar-refractivity contribution >= 4 is 27.3 Å². The summed E-state index contributed by atoms with van der Waals surface area (Å²) < 4.78 is 42.4. The van der Waals surface area contributed by atoms with E-state index in [1.165, 1.54) is 16.4 Å². The van der Waals surface area contributed by atoms with Crippen LogP contribution in [0.1, 0.15) is 48.0 Å². The van der Waals surface area contributed by atoms with E-state index in [0.717, 1.165) is 45.2 Å². The lowest BCUT2D eigenvalue weighted by Crippen LogP contribution is -2.36. The van der Waals surface area contributed by atoms with Crippen molar-refractivity contribution in [1.82, 2.24) is 4.31 Å². The number of carbonyl (C=O) groups is 1. The van der Waals surface area contributed by atoms with Gasteiger partial charge < -0.3 is 10.2 Å². The molecule has 6 nitrogen and oxygen atoms in total. The van der Waals surface area contributed by atoms with E-state index in [0.29, 0.717) is 24.3 Å². The summed E-state index contributed by atoms with van der Waals surface area (Å²) in [5.41, 5.74) is 1.57. The highest BCUT2D eigenvalue weighted by Crippen LogP contribution is 2.32. The summed E-state index contributed by atoms with van der Waals surface area (Å²) >= 11 is 0. The zero-order valence-corrected chi connectivity index (χ0v) is 18.5. The molecule has 1 N–H and O–H groups in total. The third-order valence-electron chi connectivity index (χ3n) is 6.06. The number of aryl methyl sites for hydroxylation is 1. The Morgan fingerprint density at radius 3 is 2.35 bits per heavy atom. The van der Waals surface area contributed by atoms with Crippen molar-refractivity contribution in [2.75, 3.05) is 36.4 Å². The summed E-state index contributed by atoms with van der Waals surface area (Å²) in [5, 5.41) is 2.69. The van der Waals surface area contributed by atoms with Gasteiger partial charge in [-0.2, -0.15) is 4.31 Å². The van der Waals surface area contributed by atoms with E-state index in [-0.39, 0.29) is 16.1 Å². The number of para-hydroxylation sites is 1. The van der Waals surface area contributed by atoms with Crippen LogP contribution in [0.4, 0.5) is 15.8 Å². The van der Waals surface area contributed by atoms with Crippen molar-refractivity contribution < 1.29 is 17.6 Å². The minimum absolute atomic E-state index is 0.135. The molecule has 0 aliphatic carbocycles. The molecule has 0 aromatic heterocycles. The average molecular weight is 446 g/mol. The normalized spacial score (nSPS) is 17.7. The topological polar surface area (TPSA) is 69.7 Å². The molecule has 31 heavy (non-hydrogen) atoms. The minimum atomic E-state index is -3.68. The van der Waals surface area contributed by atoms with E-state index < -0.39 is 21.7 Å². The van der Waals surface area contributed by atoms with Crippen molar-refractivity contribution in [3.05, 3.63) is 53.3 Å². The van der Waals surface area contributed by atoms with E-state index >= 15 is 0 Å². The van der Waals surface area contributed by atoms with Crippen molar-refractivity contribution in [1.29, 1.82) is 0 Å². The first-order valence-corrected chi connectivity index (χ1v) is 12.3. The number of carbonyl (C=O) groups excluding carboxylic acids is 1. The predicted molar refractivity (Wildman–Crippen MR) is 120 cm³/mol. The number of hydrogen-bond acceptors (Lipinski definition) is 4. The van der Waals surface area contributed by atoms with Gasteiger partial charge in [-0.25, -0.2) is 12.8 Å². The molecule has 0 radical (unpaired) electrons. The molecule has 1 amide bonds. The first-order valence-electron chi connectivity index (χ1n) is 10.8. The monoisotopic (exact) mass is 445 g/mol. The zero-order chi connectivity index (χ0) is 22.0. The van der Waals surface area contributed by atoms with Crippen LogP contribution >= 0.6 is 0 Å². The van der Waals surface area contributed by atoms with Gasteiger partial charge in [-0.3, -0.25) is 4.79 Å². The van der Waals surface area contributed by atoms with Crippen molar-refractivity contribution in [3.63, 3.8) is 0 Å². The maximum Gasteiger partial charge on any atom is 0.255 e. The molecule has 2 saturated heterocycles. The van der Waals surface area contributed by atoms with Gasteiger partial charge in [-0.15, -0.1) is 0 Å². The average Bonchev–Trinajstić information content (AvgIpc) is 3.30. The maximum atomic E-state index is 14.6. The zero-order valence-electron chi connectivity index (χ0n) is 17.7. The second kappa shape index (κ2) is 8.96. The quantitative estimate of drug-likeness (QED) is 0.750. The Balaban J connectivity index is 1.63. The number of hydrogen-bond donors (Lipinski definition) is 1. The molecule has 2 aromatic rings. The number of sulfonamides is 1. The summed E-state index contributed by atoms with van der Waals surface area (Å²) in [4.78, 5) is 15.2. The number of benzene rings is 2.